The predicted molar refractivity (Wildman–Crippen MR) is 55.5 cm³/mol. The number of aryl methyl sites for hydroxylation is 1. The monoisotopic (exact) mass is 193 g/mol. The van der Waals surface area contributed by atoms with Gasteiger partial charge in [-0.3, -0.25) is 0 Å². The van der Waals surface area contributed by atoms with Gasteiger partial charge in [0.2, 0.25) is 0 Å². The highest BCUT2D eigenvalue weighted by molar-refractivity contribution is 7.17. The van der Waals surface area contributed by atoms with Gasteiger partial charge in [0.1, 0.15) is 11.3 Å². The molecule has 3 heteroatoms. The van der Waals surface area contributed by atoms with Crippen LogP contribution >= 0.6 is 11.3 Å². The molecule has 0 bridgehead atoms. The van der Waals surface area contributed by atoms with Gasteiger partial charge in [0.05, 0.1) is 16.8 Å². The first-order chi connectivity index (χ1) is 6.33. The zero-order chi connectivity index (χ0) is 9.26. The largest absolute Gasteiger partial charge is 0.492 e. The molecular weight excluding hydrogens is 182 g/mol. The van der Waals surface area contributed by atoms with Crippen molar-refractivity contribution >= 4 is 21.6 Å². The molecule has 0 radical (unpaired) electrons. The lowest BCUT2D eigenvalue weighted by molar-refractivity contribution is 0.343. The van der Waals surface area contributed by atoms with E-state index >= 15 is 0 Å². The van der Waals surface area contributed by atoms with Crippen LogP contribution in [0.2, 0.25) is 0 Å². The number of thiazole rings is 1. The Morgan fingerprint density at radius 2 is 2.31 bits per heavy atom. The van der Waals surface area contributed by atoms with Crippen molar-refractivity contribution in [1.82, 2.24) is 4.98 Å². The fourth-order valence-corrected chi connectivity index (χ4v) is 2.11. The SMILES string of the molecule is CCOc1ccc(C)c2scnc12. The summed E-state index contributed by atoms with van der Waals surface area (Å²) in [6.07, 6.45) is 0. The van der Waals surface area contributed by atoms with Gasteiger partial charge in [-0.25, -0.2) is 4.98 Å². The third-order valence-electron chi connectivity index (χ3n) is 1.94. The third kappa shape index (κ3) is 1.40. The van der Waals surface area contributed by atoms with Crippen molar-refractivity contribution in [3.63, 3.8) is 0 Å². The van der Waals surface area contributed by atoms with Gasteiger partial charge >= 0.3 is 0 Å². The first kappa shape index (κ1) is 8.51. The molecule has 0 spiro atoms. The zero-order valence-electron chi connectivity index (χ0n) is 7.70. The maximum absolute atomic E-state index is 5.48. The predicted octanol–water partition coefficient (Wildman–Crippen LogP) is 3.00. The summed E-state index contributed by atoms with van der Waals surface area (Å²) in [6, 6.07) is 4.06. The molecule has 0 aliphatic heterocycles. The number of benzene rings is 1. The van der Waals surface area contributed by atoms with Crippen molar-refractivity contribution in [3.8, 4) is 5.75 Å². The van der Waals surface area contributed by atoms with E-state index in [2.05, 4.69) is 18.0 Å². The lowest BCUT2D eigenvalue weighted by Gasteiger charge is -2.04. The van der Waals surface area contributed by atoms with Crippen LogP contribution < -0.4 is 4.74 Å². The maximum Gasteiger partial charge on any atom is 0.146 e. The van der Waals surface area contributed by atoms with Gasteiger partial charge in [-0.1, -0.05) is 6.07 Å². The topological polar surface area (TPSA) is 22.1 Å². The minimum atomic E-state index is 0.690. The highest BCUT2D eigenvalue weighted by Gasteiger charge is 2.06. The van der Waals surface area contributed by atoms with Crippen LogP contribution in [-0.4, -0.2) is 11.6 Å². The van der Waals surface area contributed by atoms with E-state index in [0.717, 1.165) is 11.3 Å². The molecule has 0 amide bonds. The molecular formula is C10H11NOS. The van der Waals surface area contributed by atoms with Crippen molar-refractivity contribution in [2.45, 2.75) is 13.8 Å². The van der Waals surface area contributed by atoms with Crippen molar-refractivity contribution in [3.05, 3.63) is 23.2 Å². The van der Waals surface area contributed by atoms with Gasteiger partial charge < -0.3 is 4.74 Å². The third-order valence-corrected chi connectivity index (χ3v) is 2.91. The van der Waals surface area contributed by atoms with E-state index in [4.69, 9.17) is 4.74 Å². The molecule has 0 aliphatic rings. The summed E-state index contributed by atoms with van der Waals surface area (Å²) < 4.78 is 6.70. The van der Waals surface area contributed by atoms with Crippen LogP contribution in [0.4, 0.5) is 0 Å². The van der Waals surface area contributed by atoms with Gasteiger partial charge in [0.25, 0.3) is 0 Å². The molecule has 0 N–H and O–H groups in total. The van der Waals surface area contributed by atoms with Crippen molar-refractivity contribution in [2.75, 3.05) is 6.61 Å². The van der Waals surface area contributed by atoms with Crippen LogP contribution in [0.15, 0.2) is 17.6 Å². The summed E-state index contributed by atoms with van der Waals surface area (Å²) >= 11 is 1.66. The van der Waals surface area contributed by atoms with Gasteiger partial charge in [0.15, 0.2) is 0 Å². The molecule has 0 saturated carbocycles. The van der Waals surface area contributed by atoms with E-state index < -0.39 is 0 Å². The number of aromatic nitrogens is 1. The number of fused-ring (bicyclic) bond motifs is 1. The Bertz CT molecular complexity index is 422. The van der Waals surface area contributed by atoms with Gasteiger partial charge in [-0.15, -0.1) is 11.3 Å². The molecule has 0 atom stereocenters. The van der Waals surface area contributed by atoms with Crippen molar-refractivity contribution < 1.29 is 4.74 Å². The van der Waals surface area contributed by atoms with Crippen LogP contribution in [-0.2, 0) is 0 Å². The molecule has 1 heterocycles. The second kappa shape index (κ2) is 3.34. The molecule has 1 aromatic carbocycles. The minimum absolute atomic E-state index is 0.690. The van der Waals surface area contributed by atoms with Crippen LogP contribution in [0, 0.1) is 6.92 Å². The molecule has 2 aromatic rings. The first-order valence-electron chi connectivity index (χ1n) is 4.28. The Labute approximate surface area is 81.2 Å². The van der Waals surface area contributed by atoms with E-state index in [1.807, 2.05) is 18.5 Å². The summed E-state index contributed by atoms with van der Waals surface area (Å²) in [5, 5.41) is 0. The Hall–Kier alpha value is -1.09. The second-order valence-electron chi connectivity index (χ2n) is 2.84. The molecule has 2 nitrogen and oxygen atoms in total. The van der Waals surface area contributed by atoms with Crippen molar-refractivity contribution in [1.29, 1.82) is 0 Å². The molecule has 1 aromatic heterocycles. The van der Waals surface area contributed by atoms with E-state index in [0.29, 0.717) is 6.61 Å². The lowest BCUT2D eigenvalue weighted by Crippen LogP contribution is -1.92. The number of hydrogen-bond acceptors (Lipinski definition) is 3. The number of ether oxygens (including phenoxy) is 1. The number of nitrogens with zero attached hydrogens (tertiary/aromatic N) is 1. The van der Waals surface area contributed by atoms with E-state index in [9.17, 15) is 0 Å². The molecule has 0 saturated heterocycles. The van der Waals surface area contributed by atoms with Crippen LogP contribution in [0.3, 0.4) is 0 Å². The quantitative estimate of drug-likeness (QED) is 0.731. The maximum atomic E-state index is 5.48. The molecule has 0 fully saturated rings. The average Bonchev–Trinajstić information content (AvgIpc) is 2.59. The fourth-order valence-electron chi connectivity index (χ4n) is 1.33. The van der Waals surface area contributed by atoms with Crippen LogP contribution in [0.25, 0.3) is 10.2 Å². The summed E-state index contributed by atoms with van der Waals surface area (Å²) in [6.45, 7) is 4.77. The summed E-state index contributed by atoms with van der Waals surface area (Å²) in [4.78, 5) is 4.29. The Balaban J connectivity index is 2.64. The Kier molecular flexibility index (Phi) is 2.19. The lowest BCUT2D eigenvalue weighted by atomic mass is 10.2. The van der Waals surface area contributed by atoms with Crippen LogP contribution in [0.1, 0.15) is 12.5 Å². The van der Waals surface area contributed by atoms with Gasteiger partial charge in [0, 0.05) is 0 Å². The van der Waals surface area contributed by atoms with Crippen LogP contribution in [0.5, 0.6) is 5.75 Å². The Morgan fingerprint density at radius 3 is 3.08 bits per heavy atom. The molecule has 0 unspecified atom stereocenters. The van der Waals surface area contributed by atoms with Crippen molar-refractivity contribution in [2.24, 2.45) is 0 Å². The summed E-state index contributed by atoms with van der Waals surface area (Å²) in [5.41, 5.74) is 4.12. The average molecular weight is 193 g/mol. The molecule has 13 heavy (non-hydrogen) atoms. The van der Waals surface area contributed by atoms with E-state index in [1.54, 1.807) is 11.3 Å². The van der Waals surface area contributed by atoms with E-state index in [1.165, 1.54) is 10.3 Å². The zero-order valence-corrected chi connectivity index (χ0v) is 8.52. The highest BCUT2D eigenvalue weighted by atomic mass is 32.1. The highest BCUT2D eigenvalue weighted by Crippen LogP contribution is 2.29. The molecule has 68 valence electrons. The van der Waals surface area contributed by atoms with Gasteiger partial charge in [-0.2, -0.15) is 0 Å². The normalized spacial score (nSPS) is 10.6. The second-order valence-corrected chi connectivity index (χ2v) is 3.70. The number of hydrogen-bond donors (Lipinski definition) is 0. The number of rotatable bonds is 2. The molecule has 0 aliphatic carbocycles. The summed E-state index contributed by atoms with van der Waals surface area (Å²) in [7, 11) is 0. The fraction of sp³-hybridized carbons (Fsp3) is 0.300. The van der Waals surface area contributed by atoms with E-state index in [-0.39, 0.29) is 0 Å². The molecule has 2 rings (SSSR count). The summed E-state index contributed by atoms with van der Waals surface area (Å²) in [5.74, 6) is 0.893. The smallest absolute Gasteiger partial charge is 0.146 e. The first-order valence-corrected chi connectivity index (χ1v) is 5.16. The van der Waals surface area contributed by atoms with Gasteiger partial charge in [-0.05, 0) is 25.5 Å². The minimum Gasteiger partial charge on any atom is -0.492 e. The standard InChI is InChI=1S/C10H11NOS/c1-3-12-8-5-4-7(2)10-9(8)11-6-13-10/h4-6H,3H2,1-2H3. The Morgan fingerprint density at radius 1 is 1.46 bits per heavy atom.